The van der Waals surface area contributed by atoms with Crippen LogP contribution in [0.2, 0.25) is 0 Å². The van der Waals surface area contributed by atoms with Gasteiger partial charge in [0.15, 0.2) is 0 Å². The predicted molar refractivity (Wildman–Crippen MR) is 148 cm³/mol. The topological polar surface area (TPSA) is 92.8 Å². The molecule has 3 aromatic rings. The van der Waals surface area contributed by atoms with E-state index in [1.807, 2.05) is 56.3 Å². The van der Waals surface area contributed by atoms with Crippen molar-refractivity contribution in [1.29, 1.82) is 0 Å². The smallest absolute Gasteiger partial charge is 0.411 e. The van der Waals surface area contributed by atoms with Crippen LogP contribution in [0.5, 0.6) is 5.75 Å². The maximum atomic E-state index is 13.6. The summed E-state index contributed by atoms with van der Waals surface area (Å²) in [5, 5.41) is 7.09. The summed E-state index contributed by atoms with van der Waals surface area (Å²) in [5.41, 5.74) is 3.26. The third-order valence-electron chi connectivity index (χ3n) is 7.65. The number of unbranched alkanes of at least 4 members (excludes halogenated alkanes) is 1. The summed E-state index contributed by atoms with van der Waals surface area (Å²) < 4.78 is 11.3. The highest BCUT2D eigenvalue weighted by Crippen LogP contribution is 2.49. The van der Waals surface area contributed by atoms with Gasteiger partial charge in [0, 0.05) is 28.9 Å². The van der Waals surface area contributed by atoms with Crippen LogP contribution in [0.1, 0.15) is 60.5 Å². The summed E-state index contributed by atoms with van der Waals surface area (Å²) in [5.74, 6) is 0.564. The zero-order valence-corrected chi connectivity index (χ0v) is 22.4. The van der Waals surface area contributed by atoms with Crippen molar-refractivity contribution in [3.05, 3.63) is 65.4 Å². The van der Waals surface area contributed by atoms with Gasteiger partial charge in [-0.05, 0) is 87.7 Å². The van der Waals surface area contributed by atoms with E-state index in [0.717, 1.165) is 60.7 Å². The van der Waals surface area contributed by atoms with Gasteiger partial charge in [-0.25, -0.2) is 4.79 Å². The molecule has 0 radical (unpaired) electrons. The number of carbonyl (C=O) groups excluding carboxylic acids is 2. The van der Waals surface area contributed by atoms with Gasteiger partial charge in [0.1, 0.15) is 12.4 Å². The third-order valence-corrected chi connectivity index (χ3v) is 7.65. The second-order valence-electron chi connectivity index (χ2n) is 10.5. The van der Waals surface area contributed by atoms with E-state index in [2.05, 4.69) is 27.6 Å². The Labute approximate surface area is 223 Å². The fraction of sp³-hybridized carbons (Fsp3) is 0.433. The van der Waals surface area contributed by atoms with Gasteiger partial charge in [-0.2, -0.15) is 0 Å². The van der Waals surface area contributed by atoms with Crippen molar-refractivity contribution in [2.75, 3.05) is 32.1 Å². The number of hydrogen-bond donors (Lipinski definition) is 2. The van der Waals surface area contributed by atoms with E-state index < -0.39 is 11.6 Å². The fourth-order valence-corrected chi connectivity index (χ4v) is 4.89. The first-order chi connectivity index (χ1) is 18.4. The lowest BCUT2D eigenvalue weighted by Crippen LogP contribution is -2.48. The van der Waals surface area contributed by atoms with E-state index >= 15 is 0 Å². The minimum Gasteiger partial charge on any atom is -0.492 e. The number of benzene rings is 2. The van der Waals surface area contributed by atoms with Crippen LogP contribution in [0.25, 0.3) is 10.9 Å². The number of aromatic nitrogens is 1. The van der Waals surface area contributed by atoms with E-state index in [1.165, 1.54) is 0 Å². The molecule has 1 atom stereocenters. The van der Waals surface area contributed by atoms with Crippen LogP contribution in [0.3, 0.4) is 0 Å². The molecule has 0 spiro atoms. The van der Waals surface area contributed by atoms with E-state index in [1.54, 1.807) is 6.20 Å². The van der Waals surface area contributed by atoms with E-state index in [0.29, 0.717) is 36.3 Å². The summed E-state index contributed by atoms with van der Waals surface area (Å²) in [7, 11) is 2.10. The van der Waals surface area contributed by atoms with E-state index in [-0.39, 0.29) is 5.91 Å². The number of pyridine rings is 1. The highest BCUT2D eigenvalue weighted by molar-refractivity contribution is 5.98. The van der Waals surface area contributed by atoms with E-state index in [9.17, 15) is 9.59 Å². The number of carbonyl (C=O) groups is 2. The lowest BCUT2D eigenvalue weighted by atomic mass is 9.97. The Balaban J connectivity index is 1.36. The SMILES string of the molecule is CCCCOC(=O)Nc1cc(C2(NC(=O)c3cc(OC[C@@H]4CCN4C)ccc3C)CC2)c2cccnc2c1. The molecule has 1 aromatic heterocycles. The van der Waals surface area contributed by atoms with Crippen LogP contribution in [-0.4, -0.2) is 54.7 Å². The van der Waals surface area contributed by atoms with Crippen LogP contribution in [0.4, 0.5) is 10.5 Å². The van der Waals surface area contributed by atoms with Crippen LogP contribution in [0, 0.1) is 6.92 Å². The Hall–Kier alpha value is -3.65. The van der Waals surface area contributed by atoms with Crippen LogP contribution >= 0.6 is 0 Å². The zero-order valence-electron chi connectivity index (χ0n) is 22.4. The van der Waals surface area contributed by atoms with Crippen molar-refractivity contribution in [2.24, 2.45) is 0 Å². The molecule has 38 heavy (non-hydrogen) atoms. The molecule has 2 aromatic carbocycles. The molecule has 0 unspecified atom stereocenters. The molecular weight excluding hydrogens is 480 g/mol. The van der Waals surface area contributed by atoms with Crippen LogP contribution in [-0.2, 0) is 10.3 Å². The number of aryl methyl sites for hydroxylation is 1. The maximum absolute atomic E-state index is 13.6. The Morgan fingerprint density at radius 2 is 2.03 bits per heavy atom. The Bertz CT molecular complexity index is 1340. The maximum Gasteiger partial charge on any atom is 0.411 e. The number of hydrogen-bond acceptors (Lipinski definition) is 6. The summed E-state index contributed by atoms with van der Waals surface area (Å²) in [6, 6.07) is 13.8. The van der Waals surface area contributed by atoms with Crippen molar-refractivity contribution in [2.45, 2.75) is 57.5 Å². The minimum absolute atomic E-state index is 0.138. The molecule has 8 heteroatoms. The van der Waals surface area contributed by atoms with Crippen molar-refractivity contribution >= 4 is 28.6 Å². The largest absolute Gasteiger partial charge is 0.492 e. The molecule has 200 valence electrons. The molecule has 1 saturated heterocycles. The number of rotatable bonds is 10. The van der Waals surface area contributed by atoms with Crippen molar-refractivity contribution in [1.82, 2.24) is 15.2 Å². The molecule has 8 nitrogen and oxygen atoms in total. The summed E-state index contributed by atoms with van der Waals surface area (Å²) in [6.45, 7) is 6.07. The zero-order chi connectivity index (χ0) is 26.7. The predicted octanol–water partition coefficient (Wildman–Crippen LogP) is 5.39. The average molecular weight is 517 g/mol. The van der Waals surface area contributed by atoms with Gasteiger partial charge in [0.05, 0.1) is 17.7 Å². The molecule has 5 rings (SSSR count). The standard InChI is InChI=1S/C30H36N4O4/c1-4-5-15-37-29(36)32-21-16-26(24-7-6-13-31-27(24)17-21)30(11-12-30)33-28(35)25-18-23(9-8-20(25)2)38-19-22-10-14-34(22)3/h6-9,13,16-18,22H,4-5,10-12,14-15,19H2,1-3H3,(H,32,36)(H,33,35)/t22-/m0/s1. The first-order valence-corrected chi connectivity index (χ1v) is 13.5. The van der Waals surface area contributed by atoms with E-state index in [4.69, 9.17) is 9.47 Å². The Kier molecular flexibility index (Phi) is 7.51. The lowest BCUT2D eigenvalue weighted by molar-refractivity contribution is 0.0767. The van der Waals surface area contributed by atoms with Crippen molar-refractivity contribution in [3.8, 4) is 5.75 Å². The number of nitrogens with zero attached hydrogens (tertiary/aromatic N) is 2. The molecular formula is C30H36N4O4. The number of fused-ring (bicyclic) bond motifs is 1. The molecule has 2 aliphatic rings. The van der Waals surface area contributed by atoms with Gasteiger partial charge < -0.3 is 14.8 Å². The van der Waals surface area contributed by atoms with Crippen LogP contribution < -0.4 is 15.4 Å². The normalized spacial score (nSPS) is 17.9. The first kappa shape index (κ1) is 26.0. The second kappa shape index (κ2) is 11.0. The molecule has 1 aliphatic carbocycles. The lowest BCUT2D eigenvalue weighted by Gasteiger charge is -2.37. The summed E-state index contributed by atoms with van der Waals surface area (Å²) in [4.78, 5) is 32.7. The quantitative estimate of drug-likeness (QED) is 0.351. The van der Waals surface area contributed by atoms with Gasteiger partial charge in [0.25, 0.3) is 5.91 Å². The van der Waals surface area contributed by atoms with Gasteiger partial charge in [0.2, 0.25) is 0 Å². The number of ether oxygens (including phenoxy) is 2. The van der Waals surface area contributed by atoms with Gasteiger partial charge >= 0.3 is 6.09 Å². The molecule has 2 amide bonds. The first-order valence-electron chi connectivity index (χ1n) is 13.5. The number of amides is 2. The monoisotopic (exact) mass is 516 g/mol. The van der Waals surface area contributed by atoms with Gasteiger partial charge in [-0.1, -0.05) is 25.5 Å². The number of anilines is 1. The highest BCUT2D eigenvalue weighted by Gasteiger charge is 2.47. The molecule has 2 N–H and O–H groups in total. The van der Waals surface area contributed by atoms with Crippen molar-refractivity contribution in [3.63, 3.8) is 0 Å². The van der Waals surface area contributed by atoms with Crippen LogP contribution in [0.15, 0.2) is 48.7 Å². The number of likely N-dealkylation sites (N-methyl/N-ethyl adjacent to an activating group) is 1. The summed E-state index contributed by atoms with van der Waals surface area (Å²) in [6.07, 6.45) is 5.73. The van der Waals surface area contributed by atoms with Crippen molar-refractivity contribution < 1.29 is 19.1 Å². The fourth-order valence-electron chi connectivity index (χ4n) is 4.89. The van der Waals surface area contributed by atoms with Gasteiger partial charge in [-0.15, -0.1) is 0 Å². The Morgan fingerprint density at radius 3 is 2.74 bits per heavy atom. The molecule has 2 heterocycles. The highest BCUT2D eigenvalue weighted by atomic mass is 16.5. The molecule has 0 bridgehead atoms. The third kappa shape index (κ3) is 5.60. The Morgan fingerprint density at radius 1 is 1.18 bits per heavy atom. The average Bonchev–Trinajstić information content (AvgIpc) is 3.68. The number of likely N-dealkylation sites (tertiary alicyclic amines) is 1. The second-order valence-corrected chi connectivity index (χ2v) is 10.5. The molecule has 2 fully saturated rings. The molecule has 1 aliphatic heterocycles. The molecule has 1 saturated carbocycles. The number of nitrogens with one attached hydrogen (secondary N) is 2. The summed E-state index contributed by atoms with van der Waals surface area (Å²) >= 11 is 0. The van der Waals surface area contributed by atoms with Gasteiger partial charge in [-0.3, -0.25) is 20.0 Å². The minimum atomic E-state index is -0.528.